The maximum Gasteiger partial charge on any atom is 0.246 e. The maximum absolute atomic E-state index is 11.7. The van der Waals surface area contributed by atoms with E-state index in [4.69, 9.17) is 4.74 Å². The molecule has 0 radical (unpaired) electrons. The first-order valence-corrected chi connectivity index (χ1v) is 6.98. The van der Waals surface area contributed by atoms with Gasteiger partial charge in [0, 0.05) is 30.1 Å². The van der Waals surface area contributed by atoms with Gasteiger partial charge in [0.05, 0.1) is 19.8 Å². The number of nitrogens with zero attached hydrogens (tertiary/aromatic N) is 1. The molecule has 19 heavy (non-hydrogen) atoms. The number of carbonyl (C=O) groups excluding carboxylic acids is 2. The van der Waals surface area contributed by atoms with E-state index in [9.17, 15) is 9.59 Å². The molecule has 0 aromatic carbocycles. The number of thiophene rings is 1. The number of hydrogen-bond donors (Lipinski definition) is 1. The highest BCUT2D eigenvalue weighted by Gasteiger charge is 2.14. The Bertz CT molecular complexity index is 450. The van der Waals surface area contributed by atoms with Gasteiger partial charge in [0.2, 0.25) is 11.8 Å². The molecule has 1 saturated heterocycles. The predicted molar refractivity (Wildman–Crippen MR) is 72.7 cm³/mol. The number of morpholine rings is 1. The molecule has 6 heteroatoms. The quantitative estimate of drug-likeness (QED) is 0.829. The Hall–Kier alpha value is -1.66. The lowest BCUT2D eigenvalue weighted by atomic mass is 10.3. The normalized spacial score (nSPS) is 15.7. The third kappa shape index (κ3) is 4.50. The SMILES string of the molecule is O=C(/C=C\C(=O)N1CCOCC1)NCc1cccs1. The molecule has 2 amide bonds. The molecule has 1 aromatic heterocycles. The molecule has 1 aliphatic heterocycles. The van der Waals surface area contributed by atoms with Crippen molar-refractivity contribution in [1.29, 1.82) is 0 Å². The molecule has 1 N–H and O–H groups in total. The van der Waals surface area contributed by atoms with Gasteiger partial charge in [-0.05, 0) is 11.4 Å². The van der Waals surface area contributed by atoms with E-state index in [1.54, 1.807) is 16.2 Å². The lowest BCUT2D eigenvalue weighted by Crippen LogP contribution is -2.39. The van der Waals surface area contributed by atoms with Crippen molar-refractivity contribution in [1.82, 2.24) is 10.2 Å². The van der Waals surface area contributed by atoms with Crippen LogP contribution < -0.4 is 5.32 Å². The molecular weight excluding hydrogens is 264 g/mol. The van der Waals surface area contributed by atoms with Crippen LogP contribution >= 0.6 is 11.3 Å². The molecule has 1 aliphatic rings. The Morgan fingerprint density at radius 3 is 2.84 bits per heavy atom. The van der Waals surface area contributed by atoms with Crippen LogP contribution in [0.25, 0.3) is 0 Å². The van der Waals surface area contributed by atoms with E-state index in [1.807, 2.05) is 17.5 Å². The smallest absolute Gasteiger partial charge is 0.246 e. The van der Waals surface area contributed by atoms with Crippen LogP contribution in [0.2, 0.25) is 0 Å². The molecular formula is C13H16N2O3S. The average Bonchev–Trinajstić information content (AvgIpc) is 2.96. The molecule has 0 spiro atoms. The van der Waals surface area contributed by atoms with E-state index >= 15 is 0 Å². The fourth-order valence-electron chi connectivity index (χ4n) is 1.68. The van der Waals surface area contributed by atoms with Gasteiger partial charge >= 0.3 is 0 Å². The van der Waals surface area contributed by atoms with Crippen LogP contribution in [-0.4, -0.2) is 43.0 Å². The molecule has 0 bridgehead atoms. The van der Waals surface area contributed by atoms with Gasteiger partial charge in [-0.25, -0.2) is 0 Å². The Morgan fingerprint density at radius 1 is 1.37 bits per heavy atom. The Morgan fingerprint density at radius 2 is 2.16 bits per heavy atom. The highest BCUT2D eigenvalue weighted by molar-refractivity contribution is 7.09. The monoisotopic (exact) mass is 280 g/mol. The largest absolute Gasteiger partial charge is 0.378 e. The van der Waals surface area contributed by atoms with Crippen molar-refractivity contribution in [3.63, 3.8) is 0 Å². The Labute approximate surface area is 115 Å². The van der Waals surface area contributed by atoms with Gasteiger partial charge in [0.15, 0.2) is 0 Å². The van der Waals surface area contributed by atoms with E-state index in [-0.39, 0.29) is 11.8 Å². The third-order valence-corrected chi connectivity index (χ3v) is 3.59. The zero-order valence-corrected chi connectivity index (χ0v) is 11.3. The molecule has 2 rings (SSSR count). The van der Waals surface area contributed by atoms with Crippen molar-refractivity contribution in [2.75, 3.05) is 26.3 Å². The summed E-state index contributed by atoms with van der Waals surface area (Å²) in [5.74, 6) is -0.399. The van der Waals surface area contributed by atoms with Crippen LogP contribution in [-0.2, 0) is 20.9 Å². The maximum atomic E-state index is 11.7. The van der Waals surface area contributed by atoms with Gasteiger partial charge in [0.1, 0.15) is 0 Å². The molecule has 0 aliphatic carbocycles. The zero-order chi connectivity index (χ0) is 13.5. The van der Waals surface area contributed by atoms with Gasteiger partial charge in [-0.2, -0.15) is 0 Å². The molecule has 2 heterocycles. The average molecular weight is 280 g/mol. The standard InChI is InChI=1S/C13H16N2O3S/c16-12(14-10-11-2-1-9-19-11)3-4-13(17)15-5-7-18-8-6-15/h1-4,9H,5-8,10H2,(H,14,16)/b4-3-. The minimum atomic E-state index is -0.255. The second kappa shape index (κ2) is 7.06. The summed E-state index contributed by atoms with van der Waals surface area (Å²) in [6.07, 6.45) is 2.60. The van der Waals surface area contributed by atoms with Gasteiger partial charge < -0.3 is 15.0 Å². The first-order valence-electron chi connectivity index (χ1n) is 6.10. The lowest BCUT2D eigenvalue weighted by molar-refractivity contribution is -0.130. The van der Waals surface area contributed by atoms with E-state index in [0.717, 1.165) is 4.88 Å². The van der Waals surface area contributed by atoms with Crippen LogP contribution in [0, 0.1) is 0 Å². The van der Waals surface area contributed by atoms with Crippen molar-refractivity contribution in [3.05, 3.63) is 34.5 Å². The molecule has 1 fully saturated rings. The third-order valence-electron chi connectivity index (χ3n) is 2.72. The van der Waals surface area contributed by atoms with E-state index < -0.39 is 0 Å². The van der Waals surface area contributed by atoms with Crippen molar-refractivity contribution in [2.45, 2.75) is 6.54 Å². The summed E-state index contributed by atoms with van der Waals surface area (Å²) in [6, 6.07) is 3.89. The topological polar surface area (TPSA) is 58.6 Å². The van der Waals surface area contributed by atoms with Crippen molar-refractivity contribution in [2.24, 2.45) is 0 Å². The summed E-state index contributed by atoms with van der Waals surface area (Å²) in [5, 5.41) is 4.69. The predicted octanol–water partition coefficient (Wildman–Crippen LogP) is 0.779. The second-order valence-corrected chi connectivity index (χ2v) is 5.10. The number of rotatable bonds is 4. The highest BCUT2D eigenvalue weighted by Crippen LogP contribution is 2.07. The fraction of sp³-hybridized carbons (Fsp3) is 0.385. The molecule has 0 atom stereocenters. The van der Waals surface area contributed by atoms with Crippen LogP contribution in [0.3, 0.4) is 0 Å². The zero-order valence-electron chi connectivity index (χ0n) is 10.5. The Kier molecular flexibility index (Phi) is 5.11. The fourth-order valence-corrected chi connectivity index (χ4v) is 2.33. The van der Waals surface area contributed by atoms with E-state index in [1.165, 1.54) is 12.2 Å². The summed E-state index contributed by atoms with van der Waals surface area (Å²) < 4.78 is 5.16. The second-order valence-electron chi connectivity index (χ2n) is 4.07. The molecule has 1 aromatic rings. The summed E-state index contributed by atoms with van der Waals surface area (Å²) in [4.78, 5) is 26.0. The molecule has 102 valence electrons. The van der Waals surface area contributed by atoms with Crippen molar-refractivity contribution in [3.8, 4) is 0 Å². The van der Waals surface area contributed by atoms with Crippen LogP contribution in [0.15, 0.2) is 29.7 Å². The summed E-state index contributed by atoms with van der Waals surface area (Å²) in [5.41, 5.74) is 0. The van der Waals surface area contributed by atoms with E-state index in [0.29, 0.717) is 32.8 Å². The summed E-state index contributed by atoms with van der Waals surface area (Å²) in [7, 11) is 0. The number of nitrogens with one attached hydrogen (secondary N) is 1. The summed E-state index contributed by atoms with van der Waals surface area (Å²) in [6.45, 7) is 2.78. The van der Waals surface area contributed by atoms with Gasteiger partial charge in [-0.1, -0.05) is 6.07 Å². The summed E-state index contributed by atoms with van der Waals surface area (Å²) >= 11 is 1.58. The number of amides is 2. The molecule has 5 nitrogen and oxygen atoms in total. The first kappa shape index (κ1) is 13.8. The van der Waals surface area contributed by atoms with Crippen LogP contribution in [0.1, 0.15) is 4.88 Å². The number of hydrogen-bond acceptors (Lipinski definition) is 4. The Balaban J connectivity index is 1.74. The van der Waals surface area contributed by atoms with Crippen LogP contribution in [0.5, 0.6) is 0 Å². The minimum Gasteiger partial charge on any atom is -0.378 e. The van der Waals surface area contributed by atoms with Gasteiger partial charge in [-0.3, -0.25) is 9.59 Å². The lowest BCUT2D eigenvalue weighted by Gasteiger charge is -2.25. The highest BCUT2D eigenvalue weighted by atomic mass is 32.1. The first-order chi connectivity index (χ1) is 9.25. The number of carbonyl (C=O) groups is 2. The van der Waals surface area contributed by atoms with Crippen LogP contribution in [0.4, 0.5) is 0 Å². The number of ether oxygens (including phenoxy) is 1. The van der Waals surface area contributed by atoms with Crippen molar-refractivity contribution >= 4 is 23.2 Å². The van der Waals surface area contributed by atoms with Gasteiger partial charge in [-0.15, -0.1) is 11.3 Å². The van der Waals surface area contributed by atoms with E-state index in [2.05, 4.69) is 5.32 Å². The minimum absolute atomic E-state index is 0.144. The van der Waals surface area contributed by atoms with Gasteiger partial charge in [0.25, 0.3) is 0 Å². The van der Waals surface area contributed by atoms with Crippen molar-refractivity contribution < 1.29 is 14.3 Å². The molecule has 0 saturated carbocycles. The molecule has 0 unspecified atom stereocenters.